The van der Waals surface area contributed by atoms with Gasteiger partial charge in [0.2, 0.25) is 0 Å². The van der Waals surface area contributed by atoms with Gasteiger partial charge in [0, 0.05) is 23.6 Å². The molecule has 1 aliphatic heterocycles. The van der Waals surface area contributed by atoms with Crippen LogP contribution in [0.3, 0.4) is 0 Å². The summed E-state index contributed by atoms with van der Waals surface area (Å²) in [6.07, 6.45) is -8.25. The first-order valence-electron chi connectivity index (χ1n) is 11.1. The van der Waals surface area contributed by atoms with E-state index in [0.29, 0.717) is 22.7 Å². The Morgan fingerprint density at radius 2 is 2.05 bits per heavy atom. The van der Waals surface area contributed by atoms with Gasteiger partial charge in [-0.1, -0.05) is 11.1 Å². The smallest absolute Gasteiger partial charge is 0.425 e. The van der Waals surface area contributed by atoms with Crippen molar-refractivity contribution in [3.63, 3.8) is 0 Å². The maximum Gasteiger partial charge on any atom is 0.425 e. The third-order valence-electron chi connectivity index (χ3n) is 5.59. The first kappa shape index (κ1) is 26.5. The number of aromatic nitrogens is 2. The molecule has 0 saturated carbocycles. The second-order valence-corrected chi connectivity index (χ2v) is 8.34. The molecule has 2 atom stereocenters. The summed E-state index contributed by atoms with van der Waals surface area (Å²) in [6.45, 7) is 3.16. The molecule has 198 valence electrons. The van der Waals surface area contributed by atoms with E-state index in [9.17, 15) is 22.4 Å². The molecule has 1 aromatic carbocycles. The Bertz CT molecular complexity index is 1430. The lowest BCUT2D eigenvalue weighted by Gasteiger charge is -2.36. The lowest BCUT2D eigenvalue weighted by Crippen LogP contribution is -2.48. The van der Waals surface area contributed by atoms with Crippen molar-refractivity contribution < 1.29 is 41.5 Å². The number of pyridine rings is 1. The van der Waals surface area contributed by atoms with Crippen LogP contribution in [0.2, 0.25) is 0 Å². The first-order valence-corrected chi connectivity index (χ1v) is 11.1. The molecule has 0 fully saturated rings. The van der Waals surface area contributed by atoms with Gasteiger partial charge in [-0.15, -0.1) is 5.92 Å². The minimum atomic E-state index is -4.85. The van der Waals surface area contributed by atoms with Crippen LogP contribution in [0, 0.1) is 17.7 Å². The fraction of sp³-hybridized carbons (Fsp3) is 0.280. The van der Waals surface area contributed by atoms with Crippen LogP contribution in [0.25, 0.3) is 22.7 Å². The number of carboxylic acid groups (broad SMARTS) is 1. The van der Waals surface area contributed by atoms with Gasteiger partial charge in [0.25, 0.3) is 6.02 Å². The summed E-state index contributed by atoms with van der Waals surface area (Å²) in [4.78, 5) is 19.2. The third-order valence-corrected chi connectivity index (χ3v) is 5.59. The average molecular weight is 532 g/mol. The van der Waals surface area contributed by atoms with E-state index < -0.39 is 42.2 Å². The first-order chi connectivity index (χ1) is 18.0. The number of halogens is 4. The molecule has 0 spiro atoms. The standard InChI is InChI=1S/C25H20F4N4O5/c1-3-4-9-36-15-6-8-18(30-13-15)19-11-20(38-33-19)14-5-7-17(26)16(10-14)24(2)12-21(25(27,28)29)37-22(32-24)31-23(34)35/h5-8,10-11,13,21H,9,12H2,1-2H3,(H,31,32)(H,34,35)/t21-,24-/m0/s1. The van der Waals surface area contributed by atoms with Crippen LogP contribution >= 0.6 is 0 Å². The van der Waals surface area contributed by atoms with Gasteiger partial charge in [0.15, 0.2) is 11.9 Å². The van der Waals surface area contributed by atoms with Gasteiger partial charge in [0.1, 0.15) is 23.9 Å². The predicted molar refractivity (Wildman–Crippen MR) is 126 cm³/mol. The Morgan fingerprint density at radius 3 is 2.71 bits per heavy atom. The normalized spacial score (nSPS) is 19.0. The second-order valence-electron chi connectivity index (χ2n) is 8.34. The van der Waals surface area contributed by atoms with Gasteiger partial charge in [-0.05, 0) is 44.2 Å². The summed E-state index contributed by atoms with van der Waals surface area (Å²) >= 11 is 0. The number of amidine groups is 1. The topological polar surface area (TPSA) is 119 Å². The SMILES string of the molecule is CC#CCOc1ccc(-c2cc(-c3ccc(F)c([C@]4(C)C[C@@H](C(F)(F)F)OC(NC(=O)O)=N4)c3)on2)nc1. The van der Waals surface area contributed by atoms with Crippen molar-refractivity contribution >= 4 is 12.1 Å². The Kier molecular flexibility index (Phi) is 7.25. The number of aliphatic imine (C=N–C) groups is 1. The fourth-order valence-corrected chi connectivity index (χ4v) is 3.77. The van der Waals surface area contributed by atoms with E-state index in [4.69, 9.17) is 14.4 Å². The van der Waals surface area contributed by atoms with E-state index in [1.54, 1.807) is 24.4 Å². The number of alkyl halides is 3. The molecule has 9 nitrogen and oxygen atoms in total. The highest BCUT2D eigenvalue weighted by Crippen LogP contribution is 2.42. The van der Waals surface area contributed by atoms with E-state index in [-0.39, 0.29) is 17.9 Å². The number of nitrogens with one attached hydrogen (secondary N) is 1. The molecular formula is C25H20F4N4O5. The maximum atomic E-state index is 14.9. The molecule has 0 radical (unpaired) electrons. The second kappa shape index (κ2) is 10.4. The number of amides is 1. The van der Waals surface area contributed by atoms with Crippen molar-refractivity contribution in [2.45, 2.75) is 38.1 Å². The summed E-state index contributed by atoms with van der Waals surface area (Å²) in [5.74, 6) is 5.33. The quantitative estimate of drug-likeness (QED) is 0.345. The van der Waals surface area contributed by atoms with Crippen molar-refractivity contribution in [3.8, 4) is 40.3 Å². The minimum absolute atomic E-state index is 0.192. The van der Waals surface area contributed by atoms with Crippen molar-refractivity contribution in [2.24, 2.45) is 4.99 Å². The minimum Gasteiger partial charge on any atom is -0.479 e. The molecule has 2 N–H and O–H groups in total. The van der Waals surface area contributed by atoms with Crippen LogP contribution in [0.1, 0.15) is 25.8 Å². The molecule has 0 unspecified atom stereocenters. The van der Waals surface area contributed by atoms with Crippen LogP contribution in [0.15, 0.2) is 52.1 Å². The van der Waals surface area contributed by atoms with Gasteiger partial charge in [-0.25, -0.2) is 19.5 Å². The summed E-state index contributed by atoms with van der Waals surface area (Å²) in [6, 6.07) is 7.67. The molecule has 0 saturated heterocycles. The van der Waals surface area contributed by atoms with Crippen molar-refractivity contribution in [2.75, 3.05) is 6.61 Å². The van der Waals surface area contributed by atoms with Crippen LogP contribution in [0.5, 0.6) is 5.75 Å². The van der Waals surface area contributed by atoms with Gasteiger partial charge in [-0.2, -0.15) is 13.2 Å². The van der Waals surface area contributed by atoms with Crippen molar-refractivity contribution in [3.05, 3.63) is 54.0 Å². The van der Waals surface area contributed by atoms with E-state index in [1.165, 1.54) is 31.3 Å². The summed E-state index contributed by atoms with van der Waals surface area (Å²) in [5, 5.41) is 14.6. The molecule has 0 bridgehead atoms. The van der Waals surface area contributed by atoms with Gasteiger partial charge in [0.05, 0.1) is 17.4 Å². The Hall–Kier alpha value is -4.60. The third kappa shape index (κ3) is 5.86. The maximum absolute atomic E-state index is 14.9. The molecule has 3 aromatic rings. The Morgan fingerprint density at radius 1 is 1.26 bits per heavy atom. The van der Waals surface area contributed by atoms with Gasteiger partial charge < -0.3 is 19.1 Å². The zero-order valence-electron chi connectivity index (χ0n) is 20.0. The molecule has 1 amide bonds. The van der Waals surface area contributed by atoms with Crippen LogP contribution in [-0.2, 0) is 10.3 Å². The van der Waals surface area contributed by atoms with Gasteiger partial charge >= 0.3 is 12.3 Å². The molecule has 1 aliphatic rings. The summed E-state index contributed by atoms with van der Waals surface area (Å²) < 4.78 is 71.0. The number of hydrogen-bond donors (Lipinski definition) is 2. The number of hydrogen-bond acceptors (Lipinski definition) is 7. The summed E-state index contributed by atoms with van der Waals surface area (Å²) in [5.41, 5.74) is -0.929. The fourth-order valence-electron chi connectivity index (χ4n) is 3.77. The van der Waals surface area contributed by atoms with E-state index in [0.717, 1.165) is 6.07 Å². The van der Waals surface area contributed by atoms with E-state index >= 15 is 0 Å². The number of benzene rings is 1. The predicted octanol–water partition coefficient (Wildman–Crippen LogP) is 5.13. The number of nitrogens with zero attached hydrogens (tertiary/aromatic N) is 3. The highest BCUT2D eigenvalue weighted by molar-refractivity contribution is 5.90. The van der Waals surface area contributed by atoms with E-state index in [2.05, 4.69) is 31.7 Å². The van der Waals surface area contributed by atoms with Gasteiger partial charge in [-0.3, -0.25) is 4.98 Å². The highest BCUT2D eigenvalue weighted by atomic mass is 19.4. The lowest BCUT2D eigenvalue weighted by atomic mass is 9.84. The molecule has 13 heteroatoms. The number of rotatable bonds is 5. The number of ether oxygens (including phenoxy) is 2. The largest absolute Gasteiger partial charge is 0.479 e. The Labute approximate surface area is 213 Å². The molecule has 3 heterocycles. The van der Waals surface area contributed by atoms with Crippen molar-refractivity contribution in [1.82, 2.24) is 15.5 Å². The average Bonchev–Trinajstić information content (AvgIpc) is 3.34. The monoisotopic (exact) mass is 532 g/mol. The summed E-state index contributed by atoms with van der Waals surface area (Å²) in [7, 11) is 0. The highest BCUT2D eigenvalue weighted by Gasteiger charge is 2.50. The molecule has 4 rings (SSSR count). The zero-order chi connectivity index (χ0) is 27.5. The van der Waals surface area contributed by atoms with Crippen LogP contribution < -0.4 is 10.1 Å². The van der Waals surface area contributed by atoms with Crippen molar-refractivity contribution in [1.29, 1.82) is 0 Å². The van der Waals surface area contributed by atoms with Crippen LogP contribution in [0.4, 0.5) is 22.4 Å². The number of carbonyl (C=O) groups is 1. The molecular weight excluding hydrogens is 512 g/mol. The molecule has 2 aromatic heterocycles. The Balaban J connectivity index is 1.65. The zero-order valence-corrected chi connectivity index (χ0v) is 20.0. The van der Waals surface area contributed by atoms with E-state index in [1.807, 2.05) is 0 Å². The molecule has 38 heavy (non-hydrogen) atoms. The lowest BCUT2D eigenvalue weighted by molar-refractivity contribution is -0.208. The van der Waals surface area contributed by atoms with Crippen LogP contribution in [-0.4, -0.2) is 46.2 Å². The molecule has 0 aliphatic carbocycles.